The number of hydrogen-bond acceptors (Lipinski definition) is 7. The Morgan fingerprint density at radius 2 is 2.00 bits per heavy atom. The molecule has 1 unspecified atom stereocenters. The van der Waals surface area contributed by atoms with Gasteiger partial charge >= 0.3 is 5.97 Å². The Morgan fingerprint density at radius 1 is 1.39 bits per heavy atom. The quantitative estimate of drug-likeness (QED) is 0.639. The first-order chi connectivity index (χ1) is 8.34. The van der Waals surface area contributed by atoms with E-state index < -0.39 is 49.1 Å². The average Bonchev–Trinajstić information content (AvgIpc) is 2.72. The third-order valence-corrected chi connectivity index (χ3v) is 2.90. The van der Waals surface area contributed by atoms with Crippen LogP contribution in [0.5, 0.6) is 0 Å². The smallest absolute Gasteiger partial charge is 0.305 e. The fraction of sp³-hybridized carbons (Fsp3) is 0.909. The van der Waals surface area contributed by atoms with Crippen LogP contribution in [0.25, 0.3) is 0 Å². The predicted octanol–water partition coefficient (Wildman–Crippen LogP) is -0.852. The van der Waals surface area contributed by atoms with Crippen LogP contribution in [-0.4, -0.2) is 59.3 Å². The second-order valence-electron chi connectivity index (χ2n) is 4.89. The lowest BCUT2D eigenvalue weighted by Gasteiger charge is -2.25. The molecule has 2 aliphatic heterocycles. The highest BCUT2D eigenvalue weighted by Crippen LogP contribution is 2.40. The first-order valence-electron chi connectivity index (χ1n) is 5.81. The first kappa shape index (κ1) is 13.7. The predicted molar refractivity (Wildman–Crippen MR) is 57.3 cm³/mol. The number of esters is 1. The molecule has 7 nitrogen and oxygen atoms in total. The van der Waals surface area contributed by atoms with Crippen molar-refractivity contribution in [2.45, 2.75) is 57.3 Å². The van der Waals surface area contributed by atoms with E-state index in [0.29, 0.717) is 0 Å². The molecule has 0 amide bonds. The zero-order valence-corrected chi connectivity index (χ0v) is 10.5. The van der Waals surface area contributed by atoms with Gasteiger partial charge in [0, 0.05) is 6.92 Å². The van der Waals surface area contributed by atoms with Crippen LogP contribution < -0.4 is 0 Å². The molecular formula is C11H18O7. The monoisotopic (exact) mass is 262 g/mol. The van der Waals surface area contributed by atoms with E-state index in [0.717, 1.165) is 0 Å². The molecule has 0 radical (unpaired) electrons. The average molecular weight is 262 g/mol. The number of carbonyl (C=O) groups excluding carboxylic acids is 1. The third kappa shape index (κ3) is 2.50. The molecule has 2 rings (SSSR count). The van der Waals surface area contributed by atoms with Crippen LogP contribution in [0, 0.1) is 0 Å². The number of aliphatic hydroxyl groups is 2. The first-order valence-corrected chi connectivity index (χ1v) is 5.81. The van der Waals surface area contributed by atoms with Crippen molar-refractivity contribution < 1.29 is 34.0 Å². The van der Waals surface area contributed by atoms with E-state index in [9.17, 15) is 9.90 Å². The van der Waals surface area contributed by atoms with E-state index in [-0.39, 0.29) is 0 Å². The molecule has 0 aromatic heterocycles. The highest BCUT2D eigenvalue weighted by Gasteiger charge is 2.58. The van der Waals surface area contributed by atoms with Crippen molar-refractivity contribution in [2.75, 3.05) is 6.61 Å². The molecule has 0 bridgehead atoms. The van der Waals surface area contributed by atoms with Crippen LogP contribution in [0.15, 0.2) is 0 Å². The van der Waals surface area contributed by atoms with Gasteiger partial charge in [-0.25, -0.2) is 0 Å². The van der Waals surface area contributed by atoms with Crippen LogP contribution in [0.2, 0.25) is 0 Å². The van der Waals surface area contributed by atoms with Crippen molar-refractivity contribution in [1.29, 1.82) is 0 Å². The maximum absolute atomic E-state index is 11.0. The number of fused-ring (bicyclic) bond motifs is 1. The SMILES string of the molecule is CC(=O)OC1O[C@H]([C@H](O)CO)[C@@H]2OC(C)(C)O[C@H]12. The zero-order chi connectivity index (χ0) is 13.5. The maximum atomic E-state index is 11.0. The summed E-state index contributed by atoms with van der Waals surface area (Å²) >= 11 is 0. The van der Waals surface area contributed by atoms with Crippen LogP contribution in [0.4, 0.5) is 0 Å². The van der Waals surface area contributed by atoms with E-state index in [1.54, 1.807) is 13.8 Å². The molecule has 0 spiro atoms. The molecule has 0 aliphatic carbocycles. The highest BCUT2D eigenvalue weighted by molar-refractivity contribution is 5.66. The number of hydrogen-bond donors (Lipinski definition) is 2. The van der Waals surface area contributed by atoms with E-state index in [1.165, 1.54) is 6.92 Å². The summed E-state index contributed by atoms with van der Waals surface area (Å²) in [5.41, 5.74) is 0. The second kappa shape index (κ2) is 4.75. The topological polar surface area (TPSA) is 94.5 Å². The fourth-order valence-electron chi connectivity index (χ4n) is 2.26. The fourth-order valence-corrected chi connectivity index (χ4v) is 2.26. The summed E-state index contributed by atoms with van der Waals surface area (Å²) in [5, 5.41) is 18.7. The van der Waals surface area contributed by atoms with Gasteiger partial charge in [-0.15, -0.1) is 0 Å². The summed E-state index contributed by atoms with van der Waals surface area (Å²) in [7, 11) is 0. The third-order valence-electron chi connectivity index (χ3n) is 2.90. The number of aliphatic hydroxyl groups excluding tert-OH is 2. The summed E-state index contributed by atoms with van der Waals surface area (Å²) in [4.78, 5) is 11.0. The molecule has 0 aromatic rings. The van der Waals surface area contributed by atoms with Crippen molar-refractivity contribution in [1.82, 2.24) is 0 Å². The Labute approximate surface area is 105 Å². The number of rotatable bonds is 3. The Bertz CT molecular complexity index is 329. The second-order valence-corrected chi connectivity index (χ2v) is 4.89. The summed E-state index contributed by atoms with van der Waals surface area (Å²) in [5.74, 6) is -1.35. The van der Waals surface area contributed by atoms with Crippen molar-refractivity contribution in [3.05, 3.63) is 0 Å². The molecule has 2 heterocycles. The van der Waals surface area contributed by atoms with Crippen LogP contribution >= 0.6 is 0 Å². The van der Waals surface area contributed by atoms with Gasteiger partial charge in [0.2, 0.25) is 6.29 Å². The summed E-state index contributed by atoms with van der Waals surface area (Å²) < 4.78 is 21.6. The van der Waals surface area contributed by atoms with Gasteiger partial charge in [0.1, 0.15) is 18.3 Å². The Hall–Kier alpha value is -0.730. The van der Waals surface area contributed by atoms with Gasteiger partial charge in [-0.2, -0.15) is 0 Å². The Kier molecular flexibility index (Phi) is 3.61. The van der Waals surface area contributed by atoms with Gasteiger partial charge < -0.3 is 29.2 Å². The van der Waals surface area contributed by atoms with E-state index >= 15 is 0 Å². The number of ether oxygens (including phenoxy) is 4. The van der Waals surface area contributed by atoms with Gasteiger partial charge in [-0.3, -0.25) is 4.79 Å². The molecule has 0 saturated carbocycles. The molecule has 2 saturated heterocycles. The van der Waals surface area contributed by atoms with Gasteiger partial charge in [0.15, 0.2) is 11.9 Å². The lowest BCUT2D eigenvalue weighted by Crippen LogP contribution is -2.40. The highest BCUT2D eigenvalue weighted by atomic mass is 16.8. The molecular weight excluding hydrogens is 244 g/mol. The minimum absolute atomic E-state index is 0.468. The molecule has 0 aromatic carbocycles. The summed E-state index contributed by atoms with van der Waals surface area (Å²) in [6.07, 6.45) is -4.01. The van der Waals surface area contributed by atoms with E-state index in [2.05, 4.69) is 0 Å². The van der Waals surface area contributed by atoms with Crippen LogP contribution in [0.1, 0.15) is 20.8 Å². The molecule has 2 aliphatic rings. The molecule has 18 heavy (non-hydrogen) atoms. The number of carbonyl (C=O) groups is 1. The van der Waals surface area contributed by atoms with Gasteiger partial charge in [-0.05, 0) is 13.8 Å². The lowest BCUT2D eigenvalue weighted by atomic mass is 10.1. The minimum atomic E-state index is -1.12. The van der Waals surface area contributed by atoms with Crippen molar-refractivity contribution in [2.24, 2.45) is 0 Å². The molecule has 2 N–H and O–H groups in total. The maximum Gasteiger partial charge on any atom is 0.305 e. The summed E-state index contributed by atoms with van der Waals surface area (Å²) in [6.45, 7) is 4.23. The van der Waals surface area contributed by atoms with Crippen molar-refractivity contribution in [3.8, 4) is 0 Å². The standard InChI is InChI=1S/C11H18O7/c1-5(13)15-10-9-8(17-11(2,3)18-9)7(16-10)6(14)4-12/h6-10,12,14H,4H2,1-3H3/t6-,7-,8+,9+,10?/m1/s1. The molecule has 104 valence electrons. The Balaban J connectivity index is 2.15. The van der Waals surface area contributed by atoms with E-state index in [4.69, 9.17) is 24.1 Å². The lowest BCUT2D eigenvalue weighted by molar-refractivity contribution is -0.240. The van der Waals surface area contributed by atoms with E-state index in [1.807, 2.05) is 0 Å². The van der Waals surface area contributed by atoms with Crippen molar-refractivity contribution in [3.63, 3.8) is 0 Å². The van der Waals surface area contributed by atoms with Crippen LogP contribution in [0.3, 0.4) is 0 Å². The molecule has 2 fully saturated rings. The van der Waals surface area contributed by atoms with Gasteiger partial charge in [-0.1, -0.05) is 0 Å². The Morgan fingerprint density at radius 3 is 2.56 bits per heavy atom. The van der Waals surface area contributed by atoms with Gasteiger partial charge in [0.25, 0.3) is 0 Å². The molecule has 5 atom stereocenters. The zero-order valence-electron chi connectivity index (χ0n) is 10.5. The summed E-state index contributed by atoms with van der Waals surface area (Å²) in [6, 6.07) is 0. The molecule has 7 heteroatoms. The normalized spacial score (nSPS) is 39.4. The van der Waals surface area contributed by atoms with Gasteiger partial charge in [0.05, 0.1) is 6.61 Å². The minimum Gasteiger partial charge on any atom is -0.433 e. The largest absolute Gasteiger partial charge is 0.433 e. The van der Waals surface area contributed by atoms with Crippen molar-refractivity contribution >= 4 is 5.97 Å². The van der Waals surface area contributed by atoms with Crippen LogP contribution in [-0.2, 0) is 23.7 Å².